The zero-order valence-corrected chi connectivity index (χ0v) is 11.2. The minimum Gasteiger partial charge on any atom is -0.0654 e. The fourth-order valence-electron chi connectivity index (χ4n) is 2.19. The predicted molar refractivity (Wildman–Crippen MR) is 66.5 cm³/mol. The predicted octanol–water partition coefficient (Wildman–Crippen LogP) is 5.28. The first-order chi connectivity index (χ1) is 6.43. The Morgan fingerprint density at radius 2 is 1.50 bits per heavy atom. The van der Waals surface area contributed by atoms with Crippen LogP contribution in [0.5, 0.6) is 0 Å². The molecule has 0 radical (unpaired) electrons. The highest BCUT2D eigenvalue weighted by Crippen LogP contribution is 2.36. The van der Waals surface area contributed by atoms with Crippen LogP contribution < -0.4 is 0 Å². The van der Waals surface area contributed by atoms with Gasteiger partial charge in [0.2, 0.25) is 0 Å². The summed E-state index contributed by atoms with van der Waals surface area (Å²) in [7, 11) is 0. The van der Waals surface area contributed by atoms with Crippen LogP contribution in [0.3, 0.4) is 0 Å². The van der Waals surface area contributed by atoms with E-state index < -0.39 is 0 Å². The molecule has 86 valence electrons. The van der Waals surface area contributed by atoms with E-state index >= 15 is 0 Å². The average Bonchev–Trinajstić information content (AvgIpc) is 2.09. The van der Waals surface area contributed by atoms with Crippen LogP contribution in [0, 0.1) is 17.3 Å². The van der Waals surface area contributed by atoms with E-state index in [4.69, 9.17) is 0 Å². The lowest BCUT2D eigenvalue weighted by Crippen LogP contribution is -2.25. The fraction of sp³-hybridized carbons (Fsp3) is 1.00. The molecule has 0 aromatic rings. The van der Waals surface area contributed by atoms with Crippen LogP contribution in [-0.4, -0.2) is 0 Å². The van der Waals surface area contributed by atoms with Gasteiger partial charge in [0, 0.05) is 0 Å². The molecule has 2 unspecified atom stereocenters. The monoisotopic (exact) mass is 198 g/mol. The summed E-state index contributed by atoms with van der Waals surface area (Å²) in [4.78, 5) is 0. The van der Waals surface area contributed by atoms with Crippen molar-refractivity contribution in [3.63, 3.8) is 0 Å². The summed E-state index contributed by atoms with van der Waals surface area (Å²) in [6.07, 6.45) is 6.94. The van der Waals surface area contributed by atoms with E-state index in [1.165, 1.54) is 32.1 Å². The molecule has 0 nitrogen and oxygen atoms in total. The molecule has 0 spiro atoms. The molecule has 0 saturated heterocycles. The highest BCUT2D eigenvalue weighted by Gasteiger charge is 2.26. The number of rotatable bonds is 6. The highest BCUT2D eigenvalue weighted by atomic mass is 14.3. The maximum atomic E-state index is 2.44. The maximum Gasteiger partial charge on any atom is -0.0354 e. The Kier molecular flexibility index (Phi) is 6.48. The normalized spacial score (nSPS) is 16.7. The van der Waals surface area contributed by atoms with Gasteiger partial charge in [0.15, 0.2) is 0 Å². The molecule has 0 rings (SSSR count). The number of hydrogen-bond acceptors (Lipinski definition) is 0. The van der Waals surface area contributed by atoms with E-state index in [0.717, 1.165) is 11.8 Å². The Balaban J connectivity index is 4.17. The van der Waals surface area contributed by atoms with E-state index in [1.54, 1.807) is 0 Å². The van der Waals surface area contributed by atoms with Gasteiger partial charge in [-0.25, -0.2) is 0 Å². The van der Waals surface area contributed by atoms with Crippen LogP contribution in [0.25, 0.3) is 0 Å². The van der Waals surface area contributed by atoms with Crippen molar-refractivity contribution in [3.8, 4) is 0 Å². The molecule has 0 aromatic heterocycles. The molecule has 0 saturated carbocycles. The van der Waals surface area contributed by atoms with Crippen molar-refractivity contribution in [1.29, 1.82) is 0 Å². The van der Waals surface area contributed by atoms with Gasteiger partial charge in [0.1, 0.15) is 0 Å². The topological polar surface area (TPSA) is 0 Å². The van der Waals surface area contributed by atoms with Crippen molar-refractivity contribution in [1.82, 2.24) is 0 Å². The largest absolute Gasteiger partial charge is 0.0654 e. The minimum absolute atomic E-state index is 0.480. The smallest absolute Gasteiger partial charge is 0.0354 e. The summed E-state index contributed by atoms with van der Waals surface area (Å²) >= 11 is 0. The van der Waals surface area contributed by atoms with Gasteiger partial charge < -0.3 is 0 Å². The molecule has 0 aromatic carbocycles. The van der Waals surface area contributed by atoms with Crippen molar-refractivity contribution in [2.45, 2.75) is 73.6 Å². The Hall–Kier alpha value is 0. The van der Waals surface area contributed by atoms with Crippen molar-refractivity contribution in [2.75, 3.05) is 0 Å². The molecule has 0 heterocycles. The van der Waals surface area contributed by atoms with Gasteiger partial charge in [-0.2, -0.15) is 0 Å². The summed E-state index contributed by atoms with van der Waals surface area (Å²) in [5.41, 5.74) is 0.480. The molecule has 2 atom stereocenters. The van der Waals surface area contributed by atoms with E-state index in [9.17, 15) is 0 Å². The highest BCUT2D eigenvalue weighted by molar-refractivity contribution is 4.77. The molecule has 0 N–H and O–H groups in total. The van der Waals surface area contributed by atoms with Gasteiger partial charge in [-0.1, -0.05) is 73.6 Å². The standard InChI is InChI=1S/C14H30/c1-7-9-11-13(10-8-2)12(3)14(4,5)6/h12-13H,7-11H2,1-6H3. The Morgan fingerprint density at radius 3 is 1.86 bits per heavy atom. The van der Waals surface area contributed by atoms with Gasteiger partial charge in [-0.3, -0.25) is 0 Å². The molecule has 0 amide bonds. The minimum atomic E-state index is 0.480. The first-order valence-electron chi connectivity index (χ1n) is 6.43. The number of hydrogen-bond donors (Lipinski definition) is 0. The Morgan fingerprint density at radius 1 is 0.929 bits per heavy atom. The Bertz CT molecular complexity index is 129. The van der Waals surface area contributed by atoms with Crippen molar-refractivity contribution in [3.05, 3.63) is 0 Å². The SMILES string of the molecule is CCCCC(CCC)C(C)C(C)(C)C. The van der Waals surface area contributed by atoms with Crippen molar-refractivity contribution >= 4 is 0 Å². The molecule has 0 heteroatoms. The van der Waals surface area contributed by atoms with Gasteiger partial charge in [0.05, 0.1) is 0 Å². The summed E-state index contributed by atoms with van der Waals surface area (Å²) in [6.45, 7) is 14.2. The molecular formula is C14H30. The van der Waals surface area contributed by atoms with Crippen LogP contribution in [-0.2, 0) is 0 Å². The van der Waals surface area contributed by atoms with Gasteiger partial charge in [-0.05, 0) is 17.3 Å². The van der Waals surface area contributed by atoms with Crippen LogP contribution in [0.1, 0.15) is 73.6 Å². The van der Waals surface area contributed by atoms with Gasteiger partial charge in [0.25, 0.3) is 0 Å². The van der Waals surface area contributed by atoms with Gasteiger partial charge in [-0.15, -0.1) is 0 Å². The van der Waals surface area contributed by atoms with Gasteiger partial charge >= 0.3 is 0 Å². The quantitative estimate of drug-likeness (QED) is 0.545. The second-order valence-electron chi connectivity index (χ2n) is 5.85. The van der Waals surface area contributed by atoms with E-state index in [-0.39, 0.29) is 0 Å². The number of unbranched alkanes of at least 4 members (excludes halogenated alkanes) is 1. The summed E-state index contributed by atoms with van der Waals surface area (Å²) in [5.74, 6) is 1.80. The molecule has 14 heavy (non-hydrogen) atoms. The van der Waals surface area contributed by atoms with Crippen LogP contribution >= 0.6 is 0 Å². The zero-order valence-electron chi connectivity index (χ0n) is 11.2. The summed E-state index contributed by atoms with van der Waals surface area (Å²) in [6, 6.07) is 0. The lowest BCUT2D eigenvalue weighted by Gasteiger charge is -2.34. The third-order valence-electron chi connectivity index (χ3n) is 3.66. The molecule has 0 aliphatic heterocycles. The second kappa shape index (κ2) is 6.48. The second-order valence-corrected chi connectivity index (χ2v) is 5.85. The maximum absolute atomic E-state index is 2.44. The van der Waals surface area contributed by atoms with Crippen molar-refractivity contribution < 1.29 is 0 Å². The molecular weight excluding hydrogens is 168 g/mol. The summed E-state index contributed by atoms with van der Waals surface area (Å²) in [5, 5.41) is 0. The molecule has 0 aliphatic rings. The van der Waals surface area contributed by atoms with E-state index in [1.807, 2.05) is 0 Å². The lowest BCUT2D eigenvalue weighted by molar-refractivity contribution is 0.157. The van der Waals surface area contributed by atoms with E-state index in [0.29, 0.717) is 5.41 Å². The molecule has 0 bridgehead atoms. The third kappa shape index (κ3) is 5.02. The molecule has 0 aliphatic carbocycles. The average molecular weight is 198 g/mol. The fourth-order valence-corrected chi connectivity index (χ4v) is 2.19. The zero-order chi connectivity index (χ0) is 11.2. The van der Waals surface area contributed by atoms with Crippen LogP contribution in [0.15, 0.2) is 0 Å². The van der Waals surface area contributed by atoms with Crippen LogP contribution in [0.4, 0.5) is 0 Å². The summed E-state index contributed by atoms with van der Waals surface area (Å²) < 4.78 is 0. The first-order valence-corrected chi connectivity index (χ1v) is 6.43. The molecule has 0 fully saturated rings. The van der Waals surface area contributed by atoms with Crippen LogP contribution in [0.2, 0.25) is 0 Å². The Labute approximate surface area is 91.5 Å². The van der Waals surface area contributed by atoms with E-state index in [2.05, 4.69) is 41.5 Å². The lowest BCUT2D eigenvalue weighted by atomic mass is 9.71. The third-order valence-corrected chi connectivity index (χ3v) is 3.66. The first kappa shape index (κ1) is 14.0. The van der Waals surface area contributed by atoms with Crippen molar-refractivity contribution in [2.24, 2.45) is 17.3 Å².